The number of likely N-dealkylation sites (tertiary alicyclic amines) is 1. The largest absolute Gasteiger partial charge is 0.356 e. The fourth-order valence-electron chi connectivity index (χ4n) is 3.23. The van der Waals surface area contributed by atoms with E-state index in [9.17, 15) is 4.79 Å². The van der Waals surface area contributed by atoms with E-state index < -0.39 is 0 Å². The minimum atomic E-state index is 0.164. The highest BCUT2D eigenvalue weighted by Gasteiger charge is 2.22. The van der Waals surface area contributed by atoms with Crippen LogP contribution in [0.4, 0.5) is 0 Å². The second-order valence-corrected chi connectivity index (χ2v) is 6.94. The van der Waals surface area contributed by atoms with Gasteiger partial charge in [-0.2, -0.15) is 0 Å². The molecule has 0 radical (unpaired) electrons. The van der Waals surface area contributed by atoms with Gasteiger partial charge in [-0.15, -0.1) is 0 Å². The third-order valence-electron chi connectivity index (χ3n) is 4.55. The van der Waals surface area contributed by atoms with Gasteiger partial charge < -0.3 is 10.2 Å². The van der Waals surface area contributed by atoms with Crippen molar-refractivity contribution < 1.29 is 4.79 Å². The van der Waals surface area contributed by atoms with Gasteiger partial charge in [0.2, 0.25) is 5.91 Å². The Morgan fingerprint density at radius 3 is 2.43 bits per heavy atom. The number of nitrogens with one attached hydrogen (secondary N) is 1. The van der Waals surface area contributed by atoms with Crippen LogP contribution in [-0.2, 0) is 11.2 Å². The summed E-state index contributed by atoms with van der Waals surface area (Å²) >= 11 is 0. The molecular weight excluding hydrogens is 288 g/mol. The molecule has 1 aliphatic heterocycles. The van der Waals surface area contributed by atoms with Gasteiger partial charge in [-0.3, -0.25) is 4.79 Å². The summed E-state index contributed by atoms with van der Waals surface area (Å²) in [4.78, 5) is 23.4. The molecule has 0 aliphatic carbocycles. The van der Waals surface area contributed by atoms with Crippen molar-refractivity contribution in [2.75, 3.05) is 19.6 Å². The summed E-state index contributed by atoms with van der Waals surface area (Å²) in [5.74, 6) is 1.51. The molecule has 2 heterocycles. The molecule has 0 unspecified atom stereocenters. The van der Waals surface area contributed by atoms with Crippen molar-refractivity contribution in [1.29, 1.82) is 0 Å². The summed E-state index contributed by atoms with van der Waals surface area (Å²) in [7, 11) is 0. The van der Waals surface area contributed by atoms with Gasteiger partial charge in [0.15, 0.2) is 0 Å². The highest BCUT2D eigenvalue weighted by Crippen LogP contribution is 2.21. The van der Waals surface area contributed by atoms with Crippen LogP contribution >= 0.6 is 0 Å². The van der Waals surface area contributed by atoms with E-state index in [2.05, 4.69) is 34.0 Å². The van der Waals surface area contributed by atoms with E-state index in [1.54, 1.807) is 0 Å². The Kier molecular flexibility index (Phi) is 6.51. The van der Waals surface area contributed by atoms with E-state index in [1.165, 1.54) is 0 Å². The van der Waals surface area contributed by atoms with E-state index in [0.717, 1.165) is 43.1 Å². The molecular formula is C18H30N4O. The van der Waals surface area contributed by atoms with E-state index in [-0.39, 0.29) is 5.91 Å². The monoisotopic (exact) mass is 318 g/mol. The first kappa shape index (κ1) is 17.9. The van der Waals surface area contributed by atoms with Gasteiger partial charge in [0, 0.05) is 36.8 Å². The standard InChI is InChI=1S/C18H30N4O/c1-13(2)22-9-6-16(7-10-22)12-18(23)19-8-5-17-20-14(3)11-15(4)21-17/h11,13,16H,5-10,12H2,1-4H3,(H,19,23). The molecule has 1 fully saturated rings. The number of hydrogen-bond acceptors (Lipinski definition) is 4. The molecule has 23 heavy (non-hydrogen) atoms. The van der Waals surface area contributed by atoms with Crippen LogP contribution in [0.3, 0.4) is 0 Å². The second-order valence-electron chi connectivity index (χ2n) is 6.94. The smallest absolute Gasteiger partial charge is 0.220 e. The average Bonchev–Trinajstić information content (AvgIpc) is 2.46. The van der Waals surface area contributed by atoms with Gasteiger partial charge in [0.1, 0.15) is 5.82 Å². The third kappa shape index (κ3) is 5.90. The molecule has 0 bridgehead atoms. The molecule has 1 amide bonds. The molecule has 0 saturated carbocycles. The zero-order valence-electron chi connectivity index (χ0n) is 14.9. The minimum Gasteiger partial charge on any atom is -0.356 e. The van der Waals surface area contributed by atoms with Crippen molar-refractivity contribution in [3.8, 4) is 0 Å². The molecule has 0 atom stereocenters. The minimum absolute atomic E-state index is 0.164. The first-order valence-electron chi connectivity index (χ1n) is 8.76. The van der Waals surface area contributed by atoms with Gasteiger partial charge in [0.05, 0.1) is 0 Å². The van der Waals surface area contributed by atoms with Gasteiger partial charge in [0.25, 0.3) is 0 Å². The molecule has 2 rings (SSSR count). The summed E-state index contributed by atoms with van der Waals surface area (Å²) in [5.41, 5.74) is 1.96. The SMILES string of the molecule is Cc1cc(C)nc(CCNC(=O)CC2CCN(C(C)C)CC2)n1. The summed E-state index contributed by atoms with van der Waals surface area (Å²) < 4.78 is 0. The van der Waals surface area contributed by atoms with Crippen molar-refractivity contribution in [1.82, 2.24) is 20.2 Å². The Morgan fingerprint density at radius 2 is 1.87 bits per heavy atom. The Morgan fingerprint density at radius 1 is 1.26 bits per heavy atom. The van der Waals surface area contributed by atoms with Crippen LogP contribution in [-0.4, -0.2) is 46.5 Å². The lowest BCUT2D eigenvalue weighted by atomic mass is 9.92. The highest BCUT2D eigenvalue weighted by molar-refractivity contribution is 5.76. The number of hydrogen-bond donors (Lipinski definition) is 1. The molecule has 1 aromatic rings. The first-order valence-corrected chi connectivity index (χ1v) is 8.76. The summed E-state index contributed by atoms with van der Waals surface area (Å²) in [6, 6.07) is 2.58. The maximum absolute atomic E-state index is 12.1. The Hall–Kier alpha value is -1.49. The number of piperidine rings is 1. The van der Waals surface area contributed by atoms with E-state index in [4.69, 9.17) is 0 Å². The van der Waals surface area contributed by atoms with Crippen molar-refractivity contribution in [2.24, 2.45) is 5.92 Å². The summed E-state index contributed by atoms with van der Waals surface area (Å²) in [6.45, 7) is 11.3. The van der Waals surface area contributed by atoms with Crippen LogP contribution in [0.5, 0.6) is 0 Å². The zero-order chi connectivity index (χ0) is 16.8. The third-order valence-corrected chi connectivity index (χ3v) is 4.55. The Balaban J connectivity index is 1.67. The van der Waals surface area contributed by atoms with Crippen molar-refractivity contribution >= 4 is 5.91 Å². The van der Waals surface area contributed by atoms with Crippen LogP contribution in [0.1, 0.15) is 50.3 Å². The van der Waals surface area contributed by atoms with Crippen LogP contribution < -0.4 is 5.32 Å². The number of rotatable bonds is 6. The van der Waals surface area contributed by atoms with E-state index in [0.29, 0.717) is 31.3 Å². The fraction of sp³-hybridized carbons (Fsp3) is 0.722. The van der Waals surface area contributed by atoms with Crippen LogP contribution in [0.25, 0.3) is 0 Å². The lowest BCUT2D eigenvalue weighted by molar-refractivity contribution is -0.122. The lowest BCUT2D eigenvalue weighted by Gasteiger charge is -2.34. The highest BCUT2D eigenvalue weighted by atomic mass is 16.1. The van der Waals surface area contributed by atoms with Gasteiger partial charge in [-0.1, -0.05) is 0 Å². The normalized spacial score (nSPS) is 16.7. The molecule has 5 heteroatoms. The topological polar surface area (TPSA) is 58.1 Å². The molecule has 1 N–H and O–H groups in total. The van der Waals surface area contributed by atoms with Gasteiger partial charge >= 0.3 is 0 Å². The molecule has 128 valence electrons. The number of amides is 1. The first-order chi connectivity index (χ1) is 10.9. The maximum atomic E-state index is 12.1. The molecule has 5 nitrogen and oxygen atoms in total. The Bertz CT molecular complexity index is 502. The van der Waals surface area contributed by atoms with Crippen molar-refractivity contribution in [2.45, 2.75) is 59.4 Å². The number of carbonyl (C=O) groups is 1. The lowest BCUT2D eigenvalue weighted by Crippen LogP contribution is -2.39. The van der Waals surface area contributed by atoms with Crippen LogP contribution in [0.15, 0.2) is 6.07 Å². The van der Waals surface area contributed by atoms with Gasteiger partial charge in [-0.05, 0) is 65.6 Å². The molecule has 1 saturated heterocycles. The predicted octanol–water partition coefficient (Wildman–Crippen LogP) is 2.26. The second kappa shape index (κ2) is 8.39. The predicted molar refractivity (Wildman–Crippen MR) is 92.3 cm³/mol. The molecule has 1 aromatic heterocycles. The molecule has 0 aromatic carbocycles. The fourth-order valence-corrected chi connectivity index (χ4v) is 3.23. The number of aromatic nitrogens is 2. The van der Waals surface area contributed by atoms with Crippen molar-refractivity contribution in [3.05, 3.63) is 23.3 Å². The maximum Gasteiger partial charge on any atom is 0.220 e. The quantitative estimate of drug-likeness (QED) is 0.874. The van der Waals surface area contributed by atoms with Crippen LogP contribution in [0.2, 0.25) is 0 Å². The summed E-state index contributed by atoms with van der Waals surface area (Å²) in [5, 5.41) is 3.02. The molecule has 1 aliphatic rings. The van der Waals surface area contributed by atoms with Crippen molar-refractivity contribution in [3.63, 3.8) is 0 Å². The zero-order valence-corrected chi connectivity index (χ0v) is 14.9. The van der Waals surface area contributed by atoms with E-state index >= 15 is 0 Å². The number of carbonyl (C=O) groups excluding carboxylic acids is 1. The number of aryl methyl sites for hydroxylation is 2. The Labute approximate surface area is 139 Å². The van der Waals surface area contributed by atoms with Gasteiger partial charge in [-0.25, -0.2) is 9.97 Å². The number of nitrogens with zero attached hydrogens (tertiary/aromatic N) is 3. The van der Waals surface area contributed by atoms with E-state index in [1.807, 2.05) is 19.9 Å². The average molecular weight is 318 g/mol. The molecule has 0 spiro atoms. The van der Waals surface area contributed by atoms with Crippen LogP contribution in [0, 0.1) is 19.8 Å². The summed E-state index contributed by atoms with van der Waals surface area (Å²) in [6.07, 6.45) is 3.61.